The molecule has 33 heavy (non-hydrogen) atoms. The Kier molecular flexibility index (Phi) is 4.76. The van der Waals surface area contributed by atoms with E-state index in [-0.39, 0.29) is 11.8 Å². The highest BCUT2D eigenvalue weighted by atomic mass is 32.1. The maximum atomic E-state index is 10.8. The van der Waals surface area contributed by atoms with E-state index in [1.807, 2.05) is 6.20 Å². The van der Waals surface area contributed by atoms with E-state index in [9.17, 15) is 4.79 Å². The highest BCUT2D eigenvalue weighted by Gasteiger charge is 2.47. The van der Waals surface area contributed by atoms with Crippen molar-refractivity contribution in [3.05, 3.63) is 84.2 Å². The Balaban J connectivity index is 1.30. The fraction of sp³-hybridized carbons (Fsp3) is 0.222. The molecule has 0 amide bonds. The number of carbonyl (C=O) groups is 1. The van der Waals surface area contributed by atoms with Crippen molar-refractivity contribution in [1.29, 1.82) is 0 Å². The molecule has 0 aliphatic heterocycles. The zero-order valence-electron chi connectivity index (χ0n) is 18.1. The molecule has 0 atom stereocenters. The summed E-state index contributed by atoms with van der Waals surface area (Å²) in [6.45, 7) is 0.701. The summed E-state index contributed by atoms with van der Waals surface area (Å²) in [6.07, 6.45) is 5.12. The summed E-state index contributed by atoms with van der Waals surface area (Å²) in [5.41, 5.74) is 5.69. The lowest BCUT2D eigenvalue weighted by Gasteiger charge is -2.14. The van der Waals surface area contributed by atoms with Crippen molar-refractivity contribution in [3.8, 4) is 10.6 Å². The van der Waals surface area contributed by atoms with Crippen LogP contribution in [0.1, 0.15) is 36.9 Å². The maximum Gasteiger partial charge on any atom is 0.303 e. The van der Waals surface area contributed by atoms with Crippen LogP contribution >= 0.6 is 11.3 Å². The van der Waals surface area contributed by atoms with Gasteiger partial charge in [-0.1, -0.05) is 41.7 Å². The third kappa shape index (κ3) is 3.60. The Bertz CT molecular complexity index is 1480. The predicted molar refractivity (Wildman–Crippen MR) is 132 cm³/mol. The summed E-state index contributed by atoms with van der Waals surface area (Å²) in [6, 6.07) is 23.4. The van der Waals surface area contributed by atoms with Crippen LogP contribution in [0.2, 0.25) is 0 Å². The van der Waals surface area contributed by atoms with Gasteiger partial charge in [-0.2, -0.15) is 0 Å². The zero-order chi connectivity index (χ0) is 22.4. The molecule has 6 heteroatoms. The molecule has 3 heterocycles. The van der Waals surface area contributed by atoms with Crippen LogP contribution in [0.3, 0.4) is 0 Å². The first kappa shape index (κ1) is 20.1. The molecule has 1 aliphatic rings. The van der Waals surface area contributed by atoms with Gasteiger partial charge in [0.2, 0.25) is 0 Å². The van der Waals surface area contributed by atoms with Crippen LogP contribution in [-0.4, -0.2) is 25.6 Å². The lowest BCUT2D eigenvalue weighted by atomic mass is 9.92. The Hall–Kier alpha value is -3.51. The maximum absolute atomic E-state index is 10.8. The van der Waals surface area contributed by atoms with Crippen molar-refractivity contribution >= 4 is 38.6 Å². The van der Waals surface area contributed by atoms with E-state index in [4.69, 9.17) is 15.1 Å². The number of fused-ring (bicyclic) bond motifs is 2. The quantitative estimate of drug-likeness (QED) is 0.316. The monoisotopic (exact) mass is 453 g/mol. The fourth-order valence-electron chi connectivity index (χ4n) is 4.71. The molecule has 6 rings (SSSR count). The van der Waals surface area contributed by atoms with Gasteiger partial charge in [-0.25, -0.2) is 9.97 Å². The van der Waals surface area contributed by atoms with Crippen LogP contribution < -0.4 is 0 Å². The van der Waals surface area contributed by atoms with Gasteiger partial charge >= 0.3 is 5.97 Å². The molecule has 164 valence electrons. The van der Waals surface area contributed by atoms with Crippen molar-refractivity contribution in [2.45, 2.75) is 37.6 Å². The number of aryl methyl sites for hydroxylation is 1. The fourth-order valence-corrected chi connectivity index (χ4v) is 5.64. The van der Waals surface area contributed by atoms with Crippen LogP contribution in [-0.2, 0) is 16.8 Å². The number of carboxylic acid groups (broad SMARTS) is 1. The SMILES string of the molecule is O=C(O)CCCn1ccc2cc(-c3nc4ccc(C5(c6ccccc6)CC5)nc4s3)ccc21. The highest BCUT2D eigenvalue weighted by molar-refractivity contribution is 7.21. The van der Waals surface area contributed by atoms with Gasteiger partial charge in [0.05, 0.1) is 5.69 Å². The van der Waals surface area contributed by atoms with E-state index in [1.165, 1.54) is 5.56 Å². The predicted octanol–water partition coefficient (Wildman–Crippen LogP) is 6.26. The minimum atomic E-state index is -0.752. The Morgan fingerprint density at radius 3 is 2.67 bits per heavy atom. The number of pyridine rings is 1. The minimum Gasteiger partial charge on any atom is -0.481 e. The van der Waals surface area contributed by atoms with Gasteiger partial charge in [-0.3, -0.25) is 4.79 Å². The lowest BCUT2D eigenvalue weighted by molar-refractivity contribution is -0.137. The first-order valence-electron chi connectivity index (χ1n) is 11.3. The Morgan fingerprint density at radius 1 is 1.03 bits per heavy atom. The number of hydrogen-bond acceptors (Lipinski definition) is 4. The summed E-state index contributed by atoms with van der Waals surface area (Å²) in [5, 5.41) is 11.0. The van der Waals surface area contributed by atoms with E-state index in [1.54, 1.807) is 11.3 Å². The molecule has 1 fully saturated rings. The summed E-state index contributed by atoms with van der Waals surface area (Å²) in [4.78, 5) is 21.7. The summed E-state index contributed by atoms with van der Waals surface area (Å²) >= 11 is 1.64. The first-order valence-corrected chi connectivity index (χ1v) is 12.1. The molecule has 1 saturated carbocycles. The van der Waals surface area contributed by atoms with E-state index >= 15 is 0 Å². The molecular weight excluding hydrogens is 430 g/mol. The largest absolute Gasteiger partial charge is 0.481 e. The summed E-state index contributed by atoms with van der Waals surface area (Å²) in [7, 11) is 0. The standard InChI is InChI=1S/C27H23N3O2S/c31-24(32)7-4-15-30-16-12-18-17-19(8-10-22(18)30)25-28-21-9-11-23(29-26(21)33-25)27(13-14-27)20-5-2-1-3-6-20/h1-3,5-6,8-12,16-17H,4,7,13-15H2,(H,31,32). The van der Waals surface area contributed by atoms with Gasteiger partial charge in [0, 0.05) is 41.0 Å². The van der Waals surface area contributed by atoms with Crippen molar-refractivity contribution in [3.63, 3.8) is 0 Å². The van der Waals surface area contributed by atoms with Crippen LogP contribution in [0.15, 0.2) is 72.9 Å². The molecule has 1 aliphatic carbocycles. The number of thiazole rings is 1. The van der Waals surface area contributed by atoms with Crippen molar-refractivity contribution in [2.75, 3.05) is 0 Å². The Labute approximate surface area is 195 Å². The van der Waals surface area contributed by atoms with Crippen molar-refractivity contribution in [1.82, 2.24) is 14.5 Å². The third-order valence-electron chi connectivity index (χ3n) is 6.63. The molecular formula is C27H23N3O2S. The van der Waals surface area contributed by atoms with Gasteiger partial charge in [-0.15, -0.1) is 0 Å². The summed E-state index contributed by atoms with van der Waals surface area (Å²) in [5.74, 6) is -0.752. The molecule has 0 saturated heterocycles. The summed E-state index contributed by atoms with van der Waals surface area (Å²) < 4.78 is 2.12. The van der Waals surface area contributed by atoms with Gasteiger partial charge < -0.3 is 9.67 Å². The van der Waals surface area contributed by atoms with Crippen LogP contribution in [0.4, 0.5) is 0 Å². The van der Waals surface area contributed by atoms with Gasteiger partial charge in [0.25, 0.3) is 0 Å². The number of carboxylic acids is 1. The van der Waals surface area contributed by atoms with Crippen LogP contribution in [0.25, 0.3) is 31.8 Å². The number of benzene rings is 2. The van der Waals surface area contributed by atoms with E-state index in [0.717, 1.165) is 50.4 Å². The smallest absolute Gasteiger partial charge is 0.303 e. The average molecular weight is 454 g/mol. The zero-order valence-corrected chi connectivity index (χ0v) is 18.9. The second kappa shape index (κ2) is 7.81. The van der Waals surface area contributed by atoms with E-state index in [0.29, 0.717) is 13.0 Å². The molecule has 1 N–H and O–H groups in total. The van der Waals surface area contributed by atoms with Gasteiger partial charge in [0.1, 0.15) is 15.4 Å². The van der Waals surface area contributed by atoms with Crippen molar-refractivity contribution < 1.29 is 9.90 Å². The molecule has 3 aromatic heterocycles. The number of rotatable bonds is 7. The van der Waals surface area contributed by atoms with E-state index in [2.05, 4.69) is 71.3 Å². The number of nitrogens with zero attached hydrogens (tertiary/aromatic N) is 3. The van der Waals surface area contributed by atoms with Crippen LogP contribution in [0, 0.1) is 0 Å². The minimum absolute atomic E-state index is 0.0576. The van der Waals surface area contributed by atoms with Gasteiger partial charge in [-0.05, 0) is 61.2 Å². The molecule has 2 aromatic carbocycles. The van der Waals surface area contributed by atoms with Gasteiger partial charge in [0.15, 0.2) is 0 Å². The Morgan fingerprint density at radius 2 is 1.88 bits per heavy atom. The number of hydrogen-bond donors (Lipinski definition) is 1. The molecule has 0 bridgehead atoms. The number of aromatic nitrogens is 3. The molecule has 0 radical (unpaired) electrons. The highest BCUT2D eigenvalue weighted by Crippen LogP contribution is 2.53. The number of aliphatic carboxylic acids is 1. The lowest BCUT2D eigenvalue weighted by Crippen LogP contribution is -2.10. The normalized spacial score (nSPS) is 14.7. The van der Waals surface area contributed by atoms with E-state index < -0.39 is 5.97 Å². The first-order chi connectivity index (χ1) is 16.1. The van der Waals surface area contributed by atoms with Crippen molar-refractivity contribution in [2.24, 2.45) is 0 Å². The molecule has 5 aromatic rings. The second-order valence-electron chi connectivity index (χ2n) is 8.77. The second-order valence-corrected chi connectivity index (χ2v) is 9.75. The van der Waals surface area contributed by atoms with Crippen LogP contribution in [0.5, 0.6) is 0 Å². The molecule has 0 unspecified atom stereocenters. The average Bonchev–Trinajstić information content (AvgIpc) is 3.38. The molecule has 0 spiro atoms. The molecule has 5 nitrogen and oxygen atoms in total. The topological polar surface area (TPSA) is 68.0 Å². The third-order valence-corrected chi connectivity index (χ3v) is 7.64.